The molecule has 0 saturated carbocycles. The van der Waals surface area contributed by atoms with E-state index in [1.807, 2.05) is 0 Å². The number of allylic oxidation sites excluding steroid dienone is 4. The Bertz CT molecular complexity index is 1150. The van der Waals surface area contributed by atoms with E-state index >= 15 is 0 Å². The summed E-state index contributed by atoms with van der Waals surface area (Å²) < 4.78 is 57.6. The zero-order chi connectivity index (χ0) is 21.8. The maximum Gasteiger partial charge on any atom is 0.358 e. The van der Waals surface area contributed by atoms with Gasteiger partial charge in [0.15, 0.2) is 0 Å². The predicted octanol–water partition coefficient (Wildman–Crippen LogP) is 3.94. The van der Waals surface area contributed by atoms with Crippen molar-refractivity contribution in [3.05, 3.63) is 82.9 Å². The van der Waals surface area contributed by atoms with Crippen LogP contribution in [0.25, 0.3) is 0 Å². The van der Waals surface area contributed by atoms with E-state index in [9.17, 15) is 16.8 Å². The Kier molecular flexibility index (Phi) is 6.61. The highest BCUT2D eigenvalue weighted by Gasteiger charge is 2.17. The van der Waals surface area contributed by atoms with Crippen LogP contribution in [0.15, 0.2) is 92.9 Å². The molecule has 0 unspecified atom stereocenters. The van der Waals surface area contributed by atoms with Gasteiger partial charge in [0.25, 0.3) is 0 Å². The molecule has 2 aromatic carbocycles. The maximum atomic E-state index is 12.1. The van der Waals surface area contributed by atoms with Gasteiger partial charge in [-0.15, -0.1) is 0 Å². The highest BCUT2D eigenvalue weighted by molar-refractivity contribution is 7.87. The standard InChI is InChI=1S/C18H12Cl2N2O6S2/c19-13-1-9-17(10-2-13)29(23,24)27-21-15-5-7-16(8-6-15)22-28-30(25,26)18-11-3-14(20)4-12-18/h1-12H. The molecule has 0 bridgehead atoms. The first-order chi connectivity index (χ1) is 14.2. The lowest BCUT2D eigenvalue weighted by molar-refractivity contribution is 0.338. The Balaban J connectivity index is 1.65. The van der Waals surface area contributed by atoms with E-state index in [1.54, 1.807) is 0 Å². The Morgan fingerprint density at radius 1 is 0.567 bits per heavy atom. The molecule has 0 aliphatic heterocycles. The number of rotatable bonds is 6. The second-order valence-corrected chi connectivity index (χ2v) is 9.59. The van der Waals surface area contributed by atoms with Crippen molar-refractivity contribution in [1.29, 1.82) is 0 Å². The van der Waals surface area contributed by atoms with Gasteiger partial charge in [-0.25, -0.2) is 0 Å². The minimum atomic E-state index is -4.11. The third-order valence-corrected chi connectivity index (χ3v) is 6.28. The van der Waals surface area contributed by atoms with E-state index in [4.69, 9.17) is 23.2 Å². The zero-order valence-electron chi connectivity index (χ0n) is 14.8. The monoisotopic (exact) mass is 486 g/mol. The van der Waals surface area contributed by atoms with Crippen LogP contribution in [0.1, 0.15) is 0 Å². The zero-order valence-corrected chi connectivity index (χ0v) is 18.0. The fourth-order valence-electron chi connectivity index (χ4n) is 2.05. The van der Waals surface area contributed by atoms with Crippen LogP contribution in [0.2, 0.25) is 10.0 Å². The average molecular weight is 487 g/mol. The van der Waals surface area contributed by atoms with Crippen LogP contribution in [0.4, 0.5) is 0 Å². The van der Waals surface area contributed by atoms with Gasteiger partial charge in [-0.05, 0) is 72.8 Å². The Morgan fingerprint density at radius 3 is 1.17 bits per heavy atom. The molecule has 1 aliphatic rings. The molecule has 2 aromatic rings. The summed E-state index contributed by atoms with van der Waals surface area (Å²) in [5.74, 6) is 0. The van der Waals surface area contributed by atoms with Gasteiger partial charge in [-0.1, -0.05) is 33.5 Å². The normalized spacial score (nSPS) is 13.8. The van der Waals surface area contributed by atoms with E-state index in [1.165, 1.54) is 72.8 Å². The average Bonchev–Trinajstić information content (AvgIpc) is 2.72. The van der Waals surface area contributed by atoms with Gasteiger partial charge in [-0.2, -0.15) is 16.8 Å². The first kappa shape index (κ1) is 22.0. The van der Waals surface area contributed by atoms with Crippen molar-refractivity contribution < 1.29 is 25.4 Å². The largest absolute Gasteiger partial charge is 0.358 e. The van der Waals surface area contributed by atoms with E-state index in [0.29, 0.717) is 10.0 Å². The fraction of sp³-hybridized carbons (Fsp3) is 0. The third kappa shape index (κ3) is 5.70. The van der Waals surface area contributed by atoms with Gasteiger partial charge in [0, 0.05) is 10.0 Å². The van der Waals surface area contributed by atoms with E-state index in [2.05, 4.69) is 18.9 Å². The van der Waals surface area contributed by atoms with E-state index in [-0.39, 0.29) is 21.2 Å². The summed E-state index contributed by atoms with van der Waals surface area (Å²) >= 11 is 11.4. The molecule has 0 saturated heterocycles. The molecular weight excluding hydrogens is 475 g/mol. The Morgan fingerprint density at radius 2 is 0.867 bits per heavy atom. The van der Waals surface area contributed by atoms with Crippen LogP contribution >= 0.6 is 23.2 Å². The smallest absolute Gasteiger partial charge is 0.264 e. The van der Waals surface area contributed by atoms with Crippen molar-refractivity contribution in [2.75, 3.05) is 0 Å². The summed E-state index contributed by atoms with van der Waals surface area (Å²) in [6.45, 7) is 0. The highest BCUT2D eigenvalue weighted by atomic mass is 35.5. The van der Waals surface area contributed by atoms with Gasteiger partial charge in [0.1, 0.15) is 21.2 Å². The maximum absolute atomic E-state index is 12.1. The van der Waals surface area contributed by atoms with Crippen molar-refractivity contribution in [1.82, 2.24) is 0 Å². The van der Waals surface area contributed by atoms with Gasteiger partial charge in [-0.3, -0.25) is 8.57 Å². The quantitative estimate of drug-likeness (QED) is 0.451. The third-order valence-electron chi connectivity index (χ3n) is 3.54. The van der Waals surface area contributed by atoms with Crippen LogP contribution in [0, 0.1) is 0 Å². The molecule has 30 heavy (non-hydrogen) atoms. The topological polar surface area (TPSA) is 111 Å². The molecule has 0 heterocycles. The Labute approximate surface area is 182 Å². The number of hydrogen-bond donors (Lipinski definition) is 0. The SMILES string of the molecule is O=S(=O)(ON=C1C=CC(=NOS(=O)(=O)c2ccc(Cl)cc2)C=C1)c1ccc(Cl)cc1. The lowest BCUT2D eigenvalue weighted by Gasteiger charge is -2.05. The van der Waals surface area contributed by atoms with Crippen LogP contribution in [-0.2, 0) is 28.8 Å². The summed E-state index contributed by atoms with van der Waals surface area (Å²) in [4.78, 5) is -0.217. The predicted molar refractivity (Wildman–Crippen MR) is 113 cm³/mol. The van der Waals surface area contributed by atoms with Crippen molar-refractivity contribution in [2.45, 2.75) is 9.79 Å². The van der Waals surface area contributed by atoms with Crippen molar-refractivity contribution >= 4 is 54.9 Å². The summed E-state index contributed by atoms with van der Waals surface area (Å²) in [6, 6.07) is 10.8. The van der Waals surface area contributed by atoms with Crippen LogP contribution in [0.5, 0.6) is 0 Å². The minimum Gasteiger partial charge on any atom is -0.264 e. The van der Waals surface area contributed by atoms with Gasteiger partial charge in [0.05, 0.1) is 0 Å². The van der Waals surface area contributed by atoms with Crippen molar-refractivity contribution in [2.24, 2.45) is 10.3 Å². The molecule has 0 atom stereocenters. The second kappa shape index (κ2) is 9.00. The summed E-state index contributed by atoms with van der Waals surface area (Å²) in [5, 5.41) is 7.86. The first-order valence-corrected chi connectivity index (χ1v) is 11.6. The van der Waals surface area contributed by atoms with Gasteiger partial charge < -0.3 is 0 Å². The fourth-order valence-corrected chi connectivity index (χ4v) is 3.78. The van der Waals surface area contributed by atoms with E-state index < -0.39 is 20.2 Å². The molecule has 0 fully saturated rings. The van der Waals surface area contributed by atoms with Gasteiger partial charge >= 0.3 is 20.2 Å². The molecule has 0 radical (unpaired) electrons. The molecule has 0 amide bonds. The van der Waals surface area contributed by atoms with Gasteiger partial charge in [0.2, 0.25) is 0 Å². The molecular formula is C18H12Cl2N2O6S2. The lowest BCUT2D eigenvalue weighted by atomic mass is 10.1. The highest BCUT2D eigenvalue weighted by Crippen LogP contribution is 2.18. The van der Waals surface area contributed by atoms with Crippen molar-refractivity contribution in [3.63, 3.8) is 0 Å². The number of oxime groups is 2. The molecule has 1 aliphatic carbocycles. The number of hydrogen-bond acceptors (Lipinski definition) is 8. The molecule has 12 heteroatoms. The number of nitrogens with zero attached hydrogens (tertiary/aromatic N) is 2. The molecule has 156 valence electrons. The molecule has 0 aromatic heterocycles. The number of halogens is 2. The molecule has 0 N–H and O–H groups in total. The summed E-state index contributed by atoms with van der Waals surface area (Å²) in [7, 11) is -8.22. The molecule has 3 rings (SSSR count). The Hall–Kier alpha value is -2.66. The van der Waals surface area contributed by atoms with Crippen LogP contribution in [-0.4, -0.2) is 28.3 Å². The van der Waals surface area contributed by atoms with Crippen LogP contribution in [0.3, 0.4) is 0 Å². The van der Waals surface area contributed by atoms with Crippen LogP contribution < -0.4 is 0 Å². The minimum absolute atomic E-state index is 0.108. The van der Waals surface area contributed by atoms with Crippen molar-refractivity contribution in [3.8, 4) is 0 Å². The summed E-state index contributed by atoms with van der Waals surface area (Å²) in [6.07, 6.45) is 5.48. The summed E-state index contributed by atoms with van der Waals surface area (Å²) in [5.41, 5.74) is 0.319. The second-order valence-electron chi connectivity index (χ2n) is 5.66. The van der Waals surface area contributed by atoms with E-state index in [0.717, 1.165) is 0 Å². The number of benzene rings is 2. The first-order valence-electron chi connectivity index (χ1n) is 8.06. The molecule has 8 nitrogen and oxygen atoms in total. The molecule has 0 spiro atoms. The lowest BCUT2D eigenvalue weighted by Crippen LogP contribution is -2.07.